The van der Waals surface area contributed by atoms with Crippen LogP contribution < -0.4 is 0 Å². The van der Waals surface area contributed by atoms with Crippen LogP contribution in [0, 0.1) is 0 Å². The van der Waals surface area contributed by atoms with E-state index in [2.05, 4.69) is 23.3 Å². The Morgan fingerprint density at radius 2 is 2.37 bits per heavy atom. The number of aliphatic hydroxyl groups excluding tert-OH is 1. The van der Waals surface area contributed by atoms with Gasteiger partial charge in [0.25, 0.3) is 0 Å². The van der Waals surface area contributed by atoms with Crippen LogP contribution in [0.25, 0.3) is 10.9 Å². The molecule has 4 nitrogen and oxygen atoms in total. The molecule has 1 saturated heterocycles. The van der Waals surface area contributed by atoms with Crippen LogP contribution in [0.3, 0.4) is 0 Å². The second kappa shape index (κ2) is 3.82. The van der Waals surface area contributed by atoms with Crippen LogP contribution in [-0.2, 0) is 15.9 Å². The number of ether oxygens (including phenoxy) is 2. The van der Waals surface area contributed by atoms with E-state index in [1.165, 1.54) is 16.5 Å². The summed E-state index contributed by atoms with van der Waals surface area (Å²) in [6.07, 6.45) is 2.84. The van der Waals surface area contributed by atoms with Crippen molar-refractivity contribution >= 4 is 10.9 Å². The highest BCUT2D eigenvalue weighted by Crippen LogP contribution is 2.48. The Hall–Kier alpha value is -1.36. The van der Waals surface area contributed by atoms with E-state index in [-0.39, 0.29) is 18.8 Å². The van der Waals surface area contributed by atoms with Crippen LogP contribution in [-0.4, -0.2) is 35.0 Å². The summed E-state index contributed by atoms with van der Waals surface area (Å²) >= 11 is 0. The van der Waals surface area contributed by atoms with Gasteiger partial charge in [-0.1, -0.05) is 12.1 Å². The first kappa shape index (κ1) is 11.5. The molecule has 0 saturated carbocycles. The van der Waals surface area contributed by atoms with Crippen LogP contribution >= 0.6 is 0 Å². The van der Waals surface area contributed by atoms with Crippen LogP contribution in [0.5, 0.6) is 0 Å². The van der Waals surface area contributed by atoms with Crippen molar-refractivity contribution in [1.29, 1.82) is 0 Å². The van der Waals surface area contributed by atoms with Gasteiger partial charge in [0, 0.05) is 17.1 Å². The van der Waals surface area contributed by atoms with E-state index in [4.69, 9.17) is 9.47 Å². The first-order valence-electron chi connectivity index (χ1n) is 6.72. The number of hydrogen-bond acceptors (Lipinski definition) is 3. The van der Waals surface area contributed by atoms with Gasteiger partial charge in [0.05, 0.1) is 13.2 Å². The Morgan fingerprint density at radius 1 is 1.47 bits per heavy atom. The van der Waals surface area contributed by atoms with E-state index >= 15 is 0 Å². The van der Waals surface area contributed by atoms with E-state index in [1.807, 2.05) is 13.0 Å². The third-order valence-corrected chi connectivity index (χ3v) is 4.32. The second-order valence-corrected chi connectivity index (χ2v) is 5.63. The van der Waals surface area contributed by atoms with Crippen LogP contribution in [0.2, 0.25) is 0 Å². The SMILES string of the molecule is CC1(CO)OC1[C@H]1OCCc2c[nH]c3cccc1c23. The quantitative estimate of drug-likeness (QED) is 0.810. The highest BCUT2D eigenvalue weighted by Gasteiger charge is 2.57. The summed E-state index contributed by atoms with van der Waals surface area (Å²) in [5, 5.41) is 10.7. The van der Waals surface area contributed by atoms with Gasteiger partial charge in [-0.05, 0) is 30.5 Å². The number of aromatic nitrogens is 1. The molecule has 4 rings (SSSR count). The molecule has 19 heavy (non-hydrogen) atoms. The Morgan fingerprint density at radius 3 is 3.16 bits per heavy atom. The molecule has 100 valence electrons. The first-order valence-corrected chi connectivity index (χ1v) is 6.72. The van der Waals surface area contributed by atoms with E-state index in [9.17, 15) is 5.11 Å². The highest BCUT2D eigenvalue weighted by molar-refractivity contribution is 5.87. The molecule has 1 aromatic heterocycles. The molecule has 0 amide bonds. The maximum absolute atomic E-state index is 9.40. The summed E-state index contributed by atoms with van der Waals surface area (Å²) in [6, 6.07) is 6.23. The predicted octanol–water partition coefficient (Wildman–Crippen LogP) is 1.93. The van der Waals surface area contributed by atoms with E-state index in [0.717, 1.165) is 11.9 Å². The molecule has 2 unspecified atom stereocenters. The monoisotopic (exact) mass is 259 g/mol. The molecule has 0 aliphatic carbocycles. The van der Waals surface area contributed by atoms with Crippen molar-refractivity contribution in [3.63, 3.8) is 0 Å². The molecule has 2 N–H and O–H groups in total. The van der Waals surface area contributed by atoms with E-state index < -0.39 is 5.60 Å². The Kier molecular flexibility index (Phi) is 2.31. The van der Waals surface area contributed by atoms with Crippen molar-refractivity contribution in [3.8, 4) is 0 Å². The number of aromatic amines is 1. The van der Waals surface area contributed by atoms with Crippen molar-refractivity contribution in [3.05, 3.63) is 35.5 Å². The van der Waals surface area contributed by atoms with Crippen molar-refractivity contribution in [1.82, 2.24) is 4.98 Å². The third-order valence-electron chi connectivity index (χ3n) is 4.32. The minimum Gasteiger partial charge on any atom is -0.393 e. The lowest BCUT2D eigenvalue weighted by atomic mass is 9.95. The van der Waals surface area contributed by atoms with Gasteiger partial charge < -0.3 is 19.6 Å². The average molecular weight is 259 g/mol. The van der Waals surface area contributed by atoms with Crippen LogP contribution in [0.1, 0.15) is 24.2 Å². The van der Waals surface area contributed by atoms with Crippen LogP contribution in [0.15, 0.2) is 24.4 Å². The molecule has 2 aromatic rings. The second-order valence-electron chi connectivity index (χ2n) is 5.63. The normalized spacial score (nSPS) is 33.4. The minimum absolute atomic E-state index is 0.0352. The molecule has 0 radical (unpaired) electrons. The number of rotatable bonds is 2. The lowest BCUT2D eigenvalue weighted by molar-refractivity contribution is 0.0372. The predicted molar refractivity (Wildman–Crippen MR) is 71.1 cm³/mol. The van der Waals surface area contributed by atoms with Gasteiger partial charge in [0.15, 0.2) is 0 Å². The lowest BCUT2D eigenvalue weighted by Crippen LogP contribution is -2.22. The summed E-state index contributed by atoms with van der Waals surface area (Å²) in [5.41, 5.74) is 3.18. The molecule has 3 atom stereocenters. The summed E-state index contributed by atoms with van der Waals surface area (Å²) in [4.78, 5) is 3.32. The Bertz CT molecular complexity index is 635. The van der Waals surface area contributed by atoms with Gasteiger partial charge in [0.2, 0.25) is 0 Å². The van der Waals surface area contributed by atoms with Gasteiger partial charge in [-0.15, -0.1) is 0 Å². The molecule has 0 spiro atoms. The topological polar surface area (TPSA) is 57.8 Å². The van der Waals surface area contributed by atoms with Gasteiger partial charge in [-0.25, -0.2) is 0 Å². The zero-order valence-electron chi connectivity index (χ0n) is 10.8. The number of benzene rings is 1. The van der Waals surface area contributed by atoms with E-state index in [1.54, 1.807) is 0 Å². The molecule has 1 aromatic carbocycles. The molecular weight excluding hydrogens is 242 g/mol. The number of hydrogen-bond donors (Lipinski definition) is 2. The van der Waals surface area contributed by atoms with Gasteiger partial charge in [-0.3, -0.25) is 0 Å². The largest absolute Gasteiger partial charge is 0.393 e. The molecular formula is C15H17NO3. The number of nitrogens with one attached hydrogen (secondary N) is 1. The van der Waals surface area contributed by atoms with Crippen molar-refractivity contribution in [2.75, 3.05) is 13.2 Å². The number of aliphatic hydroxyl groups is 1. The standard InChI is InChI=1S/C15H17NO3/c1-15(8-17)14(19-15)13-10-3-2-4-11-12(10)9(7-16-11)5-6-18-13/h2-4,7,13-14,16-17H,5-6,8H2,1H3/t13-,14?,15?/m0/s1. The summed E-state index contributed by atoms with van der Waals surface area (Å²) in [6.45, 7) is 2.66. The van der Waals surface area contributed by atoms with Crippen molar-refractivity contribution in [2.45, 2.75) is 31.2 Å². The summed E-state index contributed by atoms with van der Waals surface area (Å²) < 4.78 is 11.7. The fourth-order valence-corrected chi connectivity index (χ4v) is 3.12. The highest BCUT2D eigenvalue weighted by atomic mass is 16.6. The molecule has 1 fully saturated rings. The van der Waals surface area contributed by atoms with Crippen molar-refractivity contribution in [2.24, 2.45) is 0 Å². The molecule has 0 bridgehead atoms. The number of H-pyrrole nitrogens is 1. The zero-order chi connectivity index (χ0) is 13.0. The van der Waals surface area contributed by atoms with Gasteiger partial charge >= 0.3 is 0 Å². The smallest absolute Gasteiger partial charge is 0.120 e. The molecule has 2 aliphatic heterocycles. The van der Waals surface area contributed by atoms with E-state index in [0.29, 0.717) is 6.61 Å². The summed E-state index contributed by atoms with van der Waals surface area (Å²) in [7, 11) is 0. The van der Waals surface area contributed by atoms with Crippen molar-refractivity contribution < 1.29 is 14.6 Å². The maximum Gasteiger partial charge on any atom is 0.120 e. The zero-order valence-corrected chi connectivity index (χ0v) is 10.8. The van der Waals surface area contributed by atoms with Crippen LogP contribution in [0.4, 0.5) is 0 Å². The average Bonchev–Trinajstić information content (AvgIpc) is 2.99. The molecule has 2 aliphatic rings. The fraction of sp³-hybridized carbons (Fsp3) is 0.467. The van der Waals surface area contributed by atoms with Gasteiger partial charge in [0.1, 0.15) is 17.8 Å². The van der Waals surface area contributed by atoms with Gasteiger partial charge in [-0.2, -0.15) is 0 Å². The first-order chi connectivity index (χ1) is 9.23. The molecule has 3 heterocycles. The maximum atomic E-state index is 9.40. The summed E-state index contributed by atoms with van der Waals surface area (Å²) in [5.74, 6) is 0. The Balaban J connectivity index is 1.83. The minimum atomic E-state index is -0.451. The third kappa shape index (κ3) is 1.57. The fourth-order valence-electron chi connectivity index (χ4n) is 3.12. The lowest BCUT2D eigenvalue weighted by Gasteiger charge is -2.16. The Labute approximate surface area is 111 Å². The number of epoxide rings is 1. The molecule has 4 heteroatoms.